The minimum absolute atomic E-state index is 0.385. The maximum absolute atomic E-state index is 5.67. The first-order chi connectivity index (χ1) is 5.24. The van der Waals surface area contributed by atoms with Gasteiger partial charge in [0.2, 0.25) is 0 Å². The molecule has 0 saturated carbocycles. The molecule has 0 saturated heterocycles. The van der Waals surface area contributed by atoms with Crippen LogP contribution in [0.1, 0.15) is 6.42 Å². The Kier molecular flexibility index (Phi) is 2.54. The van der Waals surface area contributed by atoms with Crippen LogP contribution in [0.2, 0.25) is 5.02 Å². The first-order valence-corrected chi connectivity index (χ1v) is 3.71. The zero-order chi connectivity index (χ0) is 8.27. The number of allylic oxidation sites excluding steroid dienone is 1. The van der Waals surface area contributed by atoms with Crippen molar-refractivity contribution in [2.24, 2.45) is 0 Å². The van der Waals surface area contributed by atoms with Gasteiger partial charge in [0.1, 0.15) is 5.02 Å². The molecule has 0 aromatic carbocycles. The van der Waals surface area contributed by atoms with Gasteiger partial charge < -0.3 is 5.73 Å². The van der Waals surface area contributed by atoms with Gasteiger partial charge in [-0.1, -0.05) is 17.7 Å². The molecular formula is C7H10ClN3. The van der Waals surface area contributed by atoms with Crippen LogP contribution in [-0.2, 0) is 6.54 Å². The van der Waals surface area contributed by atoms with E-state index in [0.717, 1.165) is 13.0 Å². The fraction of sp³-hybridized carbons (Fsp3) is 0.286. The standard InChI is InChI=1S/C7H10ClN3/c1-2-3-4-11-5-6(8)7(9)10-11/h2,5H,1,3-4H2,(H2,9,10). The number of anilines is 1. The maximum Gasteiger partial charge on any atom is 0.164 e. The SMILES string of the molecule is C=CCCn1cc(Cl)c(N)n1. The topological polar surface area (TPSA) is 43.8 Å². The van der Waals surface area contributed by atoms with Crippen molar-refractivity contribution in [3.63, 3.8) is 0 Å². The molecule has 0 radical (unpaired) electrons. The van der Waals surface area contributed by atoms with Gasteiger partial charge in [0.25, 0.3) is 0 Å². The molecular weight excluding hydrogens is 162 g/mol. The molecule has 4 heteroatoms. The van der Waals surface area contributed by atoms with Crippen molar-refractivity contribution < 1.29 is 0 Å². The van der Waals surface area contributed by atoms with Crippen molar-refractivity contribution >= 4 is 17.4 Å². The van der Waals surface area contributed by atoms with Crippen molar-refractivity contribution in [2.75, 3.05) is 5.73 Å². The van der Waals surface area contributed by atoms with E-state index in [0.29, 0.717) is 10.8 Å². The number of hydrogen-bond donors (Lipinski definition) is 1. The van der Waals surface area contributed by atoms with E-state index >= 15 is 0 Å². The summed E-state index contributed by atoms with van der Waals surface area (Å²) in [6.45, 7) is 4.38. The van der Waals surface area contributed by atoms with Gasteiger partial charge in [-0.05, 0) is 6.42 Å². The zero-order valence-corrected chi connectivity index (χ0v) is 6.88. The van der Waals surface area contributed by atoms with Crippen LogP contribution in [0.5, 0.6) is 0 Å². The maximum atomic E-state index is 5.67. The molecule has 0 spiro atoms. The van der Waals surface area contributed by atoms with E-state index in [1.165, 1.54) is 0 Å². The average Bonchev–Trinajstić information content (AvgIpc) is 2.28. The van der Waals surface area contributed by atoms with Gasteiger partial charge in [-0.3, -0.25) is 4.68 Å². The fourth-order valence-electron chi connectivity index (χ4n) is 0.750. The number of nitrogen functional groups attached to an aromatic ring is 1. The number of aromatic nitrogens is 2. The van der Waals surface area contributed by atoms with Crippen LogP contribution < -0.4 is 5.73 Å². The van der Waals surface area contributed by atoms with Crippen molar-refractivity contribution in [1.82, 2.24) is 9.78 Å². The van der Waals surface area contributed by atoms with Crippen LogP contribution in [0.15, 0.2) is 18.9 Å². The lowest BCUT2D eigenvalue weighted by Gasteiger charge is -1.94. The summed E-state index contributed by atoms with van der Waals surface area (Å²) in [7, 11) is 0. The zero-order valence-electron chi connectivity index (χ0n) is 6.13. The molecule has 0 unspecified atom stereocenters. The molecule has 1 heterocycles. The molecule has 11 heavy (non-hydrogen) atoms. The summed E-state index contributed by atoms with van der Waals surface area (Å²) in [6.07, 6.45) is 4.41. The number of nitrogens with two attached hydrogens (primary N) is 1. The van der Waals surface area contributed by atoms with Gasteiger partial charge in [0.15, 0.2) is 5.82 Å². The second-order valence-corrected chi connectivity index (χ2v) is 2.61. The second kappa shape index (κ2) is 3.44. The monoisotopic (exact) mass is 171 g/mol. The Morgan fingerprint density at radius 1 is 1.82 bits per heavy atom. The number of halogens is 1. The highest BCUT2D eigenvalue weighted by Gasteiger charge is 2.00. The smallest absolute Gasteiger partial charge is 0.164 e. The molecule has 1 aromatic rings. The van der Waals surface area contributed by atoms with Crippen molar-refractivity contribution in [2.45, 2.75) is 13.0 Å². The molecule has 0 amide bonds. The normalized spacial score (nSPS) is 9.91. The molecule has 0 aliphatic heterocycles. The van der Waals surface area contributed by atoms with E-state index in [1.807, 2.05) is 6.08 Å². The van der Waals surface area contributed by atoms with Crippen molar-refractivity contribution in [3.05, 3.63) is 23.9 Å². The van der Waals surface area contributed by atoms with Gasteiger partial charge >= 0.3 is 0 Å². The molecule has 0 aliphatic rings. The van der Waals surface area contributed by atoms with Crippen LogP contribution in [0.4, 0.5) is 5.82 Å². The van der Waals surface area contributed by atoms with E-state index in [2.05, 4.69) is 11.7 Å². The van der Waals surface area contributed by atoms with Crippen LogP contribution in [0.3, 0.4) is 0 Å². The van der Waals surface area contributed by atoms with Crippen LogP contribution in [0, 0.1) is 0 Å². The molecule has 0 atom stereocenters. The number of aryl methyl sites for hydroxylation is 1. The Bertz CT molecular complexity index is 235. The first-order valence-electron chi connectivity index (χ1n) is 3.33. The van der Waals surface area contributed by atoms with Crippen molar-refractivity contribution in [3.8, 4) is 0 Å². The second-order valence-electron chi connectivity index (χ2n) is 2.20. The minimum atomic E-state index is 0.385. The van der Waals surface area contributed by atoms with Gasteiger partial charge in [-0.25, -0.2) is 0 Å². The third kappa shape index (κ3) is 1.98. The van der Waals surface area contributed by atoms with Crippen LogP contribution in [-0.4, -0.2) is 9.78 Å². The highest BCUT2D eigenvalue weighted by atomic mass is 35.5. The van der Waals surface area contributed by atoms with Gasteiger partial charge in [-0.15, -0.1) is 6.58 Å². The van der Waals surface area contributed by atoms with Crippen LogP contribution >= 0.6 is 11.6 Å². The summed E-state index contributed by atoms with van der Waals surface area (Å²) in [5.41, 5.74) is 5.42. The van der Waals surface area contributed by atoms with Crippen molar-refractivity contribution in [1.29, 1.82) is 0 Å². The quantitative estimate of drug-likeness (QED) is 0.704. The molecule has 1 rings (SSSR count). The summed E-state index contributed by atoms with van der Waals surface area (Å²) < 4.78 is 1.71. The molecule has 0 aliphatic carbocycles. The summed E-state index contributed by atoms with van der Waals surface area (Å²) >= 11 is 5.67. The lowest BCUT2D eigenvalue weighted by molar-refractivity contribution is 0.627. The average molecular weight is 172 g/mol. The van der Waals surface area contributed by atoms with Gasteiger partial charge in [0.05, 0.1) is 0 Å². The molecule has 0 fully saturated rings. The largest absolute Gasteiger partial charge is 0.381 e. The highest BCUT2D eigenvalue weighted by molar-refractivity contribution is 6.32. The molecule has 1 aromatic heterocycles. The summed E-state index contributed by atoms with van der Waals surface area (Å²) in [6, 6.07) is 0. The summed E-state index contributed by atoms with van der Waals surface area (Å²) in [5, 5.41) is 4.47. The van der Waals surface area contributed by atoms with Crippen LogP contribution in [0.25, 0.3) is 0 Å². The predicted molar refractivity (Wildman–Crippen MR) is 46.5 cm³/mol. The number of hydrogen-bond acceptors (Lipinski definition) is 2. The molecule has 0 bridgehead atoms. The Morgan fingerprint density at radius 2 is 2.55 bits per heavy atom. The van der Waals surface area contributed by atoms with E-state index in [4.69, 9.17) is 17.3 Å². The fourth-order valence-corrected chi connectivity index (χ4v) is 0.901. The minimum Gasteiger partial charge on any atom is -0.381 e. The summed E-state index contributed by atoms with van der Waals surface area (Å²) in [5.74, 6) is 0.385. The van der Waals surface area contributed by atoms with E-state index in [9.17, 15) is 0 Å². The number of rotatable bonds is 3. The van der Waals surface area contributed by atoms with E-state index < -0.39 is 0 Å². The Morgan fingerprint density at radius 3 is 3.00 bits per heavy atom. The summed E-state index contributed by atoms with van der Waals surface area (Å²) in [4.78, 5) is 0. The lowest BCUT2D eigenvalue weighted by Crippen LogP contribution is -1.98. The number of nitrogens with zero attached hydrogens (tertiary/aromatic N) is 2. The predicted octanol–water partition coefficient (Wildman–Crippen LogP) is 1.69. The van der Waals surface area contributed by atoms with E-state index in [-0.39, 0.29) is 0 Å². The van der Waals surface area contributed by atoms with Gasteiger partial charge in [-0.2, -0.15) is 5.10 Å². The highest BCUT2D eigenvalue weighted by Crippen LogP contribution is 2.15. The Hall–Kier alpha value is -0.960. The molecule has 60 valence electrons. The molecule has 2 N–H and O–H groups in total. The lowest BCUT2D eigenvalue weighted by atomic mass is 10.4. The van der Waals surface area contributed by atoms with Gasteiger partial charge in [0, 0.05) is 12.7 Å². The Balaban J connectivity index is 2.64. The Labute approximate surface area is 70.5 Å². The van der Waals surface area contributed by atoms with E-state index in [1.54, 1.807) is 10.9 Å². The molecule has 3 nitrogen and oxygen atoms in total. The third-order valence-corrected chi connectivity index (χ3v) is 1.60. The first kappa shape index (κ1) is 8.14. The third-order valence-electron chi connectivity index (χ3n) is 1.31.